The SMILES string of the molecule is COCCCN(Cc1csc(COc2ccc(C)c(C)c2)n1)C(=O)c1cccc(OC)c1. The molecule has 0 atom stereocenters. The summed E-state index contributed by atoms with van der Waals surface area (Å²) in [5.74, 6) is 1.44. The molecule has 1 aromatic heterocycles. The normalized spacial score (nSPS) is 10.8. The van der Waals surface area contributed by atoms with Crippen LogP contribution in [0.1, 0.15) is 38.6 Å². The first kappa shape index (κ1) is 23.8. The van der Waals surface area contributed by atoms with E-state index in [-0.39, 0.29) is 5.91 Å². The van der Waals surface area contributed by atoms with Gasteiger partial charge in [0, 0.05) is 31.2 Å². The summed E-state index contributed by atoms with van der Waals surface area (Å²) in [5.41, 5.74) is 3.88. The highest BCUT2D eigenvalue weighted by atomic mass is 32.1. The summed E-state index contributed by atoms with van der Waals surface area (Å²) in [6.45, 7) is 6.16. The quantitative estimate of drug-likeness (QED) is 0.381. The number of hydrogen-bond acceptors (Lipinski definition) is 6. The Morgan fingerprint density at radius 2 is 1.91 bits per heavy atom. The van der Waals surface area contributed by atoms with E-state index < -0.39 is 0 Å². The van der Waals surface area contributed by atoms with Crippen molar-refractivity contribution in [2.75, 3.05) is 27.4 Å². The van der Waals surface area contributed by atoms with Gasteiger partial charge in [-0.05, 0) is 61.7 Å². The molecule has 0 radical (unpaired) electrons. The Kier molecular flexibility index (Phi) is 8.64. The number of thiazole rings is 1. The van der Waals surface area contributed by atoms with Crippen molar-refractivity contribution in [3.8, 4) is 11.5 Å². The van der Waals surface area contributed by atoms with E-state index in [2.05, 4.69) is 24.9 Å². The van der Waals surface area contributed by atoms with Crippen LogP contribution in [0.4, 0.5) is 0 Å². The fraction of sp³-hybridized carbons (Fsp3) is 0.360. The number of carbonyl (C=O) groups is 1. The fourth-order valence-electron chi connectivity index (χ4n) is 3.22. The van der Waals surface area contributed by atoms with Gasteiger partial charge in [-0.15, -0.1) is 11.3 Å². The van der Waals surface area contributed by atoms with E-state index in [0.29, 0.717) is 37.6 Å². The van der Waals surface area contributed by atoms with E-state index >= 15 is 0 Å². The van der Waals surface area contributed by atoms with E-state index in [4.69, 9.17) is 14.2 Å². The minimum Gasteiger partial charge on any atom is -0.497 e. The zero-order valence-corrected chi connectivity index (χ0v) is 19.9. The zero-order chi connectivity index (χ0) is 22.9. The van der Waals surface area contributed by atoms with E-state index in [1.165, 1.54) is 11.1 Å². The number of aryl methyl sites for hydroxylation is 2. The molecule has 3 rings (SSSR count). The van der Waals surface area contributed by atoms with Gasteiger partial charge in [0.1, 0.15) is 23.1 Å². The predicted octanol–water partition coefficient (Wildman–Crippen LogP) is 5.03. The van der Waals surface area contributed by atoms with Crippen molar-refractivity contribution in [1.29, 1.82) is 0 Å². The number of rotatable bonds is 11. The second kappa shape index (κ2) is 11.6. The molecule has 0 bridgehead atoms. The molecule has 0 fully saturated rings. The number of amides is 1. The molecular weight excluding hydrogens is 424 g/mol. The Balaban J connectivity index is 1.67. The maximum absolute atomic E-state index is 13.2. The Bertz CT molecular complexity index is 1030. The molecule has 3 aromatic rings. The highest BCUT2D eigenvalue weighted by Crippen LogP contribution is 2.20. The molecule has 32 heavy (non-hydrogen) atoms. The summed E-state index contributed by atoms with van der Waals surface area (Å²) in [6.07, 6.45) is 0.749. The maximum Gasteiger partial charge on any atom is 0.254 e. The smallest absolute Gasteiger partial charge is 0.254 e. The average Bonchev–Trinajstić information content (AvgIpc) is 3.26. The molecule has 2 aromatic carbocycles. The fourth-order valence-corrected chi connectivity index (χ4v) is 3.92. The van der Waals surface area contributed by atoms with Crippen LogP contribution in [0.15, 0.2) is 47.8 Å². The van der Waals surface area contributed by atoms with Crippen molar-refractivity contribution >= 4 is 17.2 Å². The van der Waals surface area contributed by atoms with Crippen LogP contribution in [-0.2, 0) is 17.9 Å². The van der Waals surface area contributed by atoms with Crippen LogP contribution < -0.4 is 9.47 Å². The van der Waals surface area contributed by atoms with Gasteiger partial charge in [-0.25, -0.2) is 4.98 Å². The van der Waals surface area contributed by atoms with E-state index in [1.54, 1.807) is 42.6 Å². The number of hydrogen-bond donors (Lipinski definition) is 0. The van der Waals surface area contributed by atoms with Crippen LogP contribution in [0.5, 0.6) is 11.5 Å². The van der Waals surface area contributed by atoms with Crippen LogP contribution in [0.2, 0.25) is 0 Å². The van der Waals surface area contributed by atoms with Crippen LogP contribution in [0.3, 0.4) is 0 Å². The first-order valence-corrected chi connectivity index (χ1v) is 11.4. The van der Waals surface area contributed by atoms with Gasteiger partial charge in [0.05, 0.1) is 19.3 Å². The number of ether oxygens (including phenoxy) is 3. The van der Waals surface area contributed by atoms with E-state index in [9.17, 15) is 4.79 Å². The summed E-state index contributed by atoms with van der Waals surface area (Å²) in [5, 5.41) is 2.87. The Morgan fingerprint density at radius 1 is 1.06 bits per heavy atom. The third kappa shape index (κ3) is 6.55. The number of carbonyl (C=O) groups excluding carboxylic acids is 1. The van der Waals surface area contributed by atoms with Gasteiger partial charge in [0.2, 0.25) is 0 Å². The molecule has 0 aliphatic heterocycles. The number of aromatic nitrogens is 1. The first-order valence-electron chi connectivity index (χ1n) is 10.6. The number of benzene rings is 2. The molecule has 0 spiro atoms. The predicted molar refractivity (Wildman–Crippen MR) is 127 cm³/mol. The highest BCUT2D eigenvalue weighted by molar-refractivity contribution is 7.09. The van der Waals surface area contributed by atoms with Gasteiger partial charge >= 0.3 is 0 Å². The molecule has 0 aliphatic carbocycles. The van der Waals surface area contributed by atoms with Crippen molar-refractivity contribution in [2.45, 2.75) is 33.4 Å². The lowest BCUT2D eigenvalue weighted by Crippen LogP contribution is -2.32. The molecule has 0 aliphatic rings. The summed E-state index contributed by atoms with van der Waals surface area (Å²) in [6, 6.07) is 13.3. The molecule has 6 nitrogen and oxygen atoms in total. The minimum absolute atomic E-state index is 0.0547. The lowest BCUT2D eigenvalue weighted by Gasteiger charge is -2.22. The first-order chi connectivity index (χ1) is 15.5. The lowest BCUT2D eigenvalue weighted by atomic mass is 10.1. The monoisotopic (exact) mass is 454 g/mol. The Morgan fingerprint density at radius 3 is 2.66 bits per heavy atom. The topological polar surface area (TPSA) is 60.9 Å². The summed E-state index contributed by atoms with van der Waals surface area (Å²) < 4.78 is 16.3. The maximum atomic E-state index is 13.2. The average molecular weight is 455 g/mol. The molecular formula is C25H30N2O4S. The molecule has 0 unspecified atom stereocenters. The van der Waals surface area contributed by atoms with Crippen molar-refractivity contribution in [3.05, 3.63) is 75.2 Å². The van der Waals surface area contributed by atoms with Gasteiger partial charge in [-0.3, -0.25) is 4.79 Å². The van der Waals surface area contributed by atoms with E-state index in [0.717, 1.165) is 22.9 Å². The third-order valence-corrected chi connectivity index (χ3v) is 6.04. The van der Waals surface area contributed by atoms with Gasteiger partial charge in [-0.1, -0.05) is 12.1 Å². The van der Waals surface area contributed by atoms with Crippen LogP contribution >= 0.6 is 11.3 Å². The Hall–Kier alpha value is -2.90. The molecule has 170 valence electrons. The minimum atomic E-state index is -0.0547. The lowest BCUT2D eigenvalue weighted by molar-refractivity contribution is 0.0721. The Labute approximate surface area is 193 Å². The van der Waals surface area contributed by atoms with Crippen molar-refractivity contribution in [3.63, 3.8) is 0 Å². The van der Waals surface area contributed by atoms with Crippen molar-refractivity contribution in [1.82, 2.24) is 9.88 Å². The second-order valence-electron chi connectivity index (χ2n) is 7.57. The van der Waals surface area contributed by atoms with Crippen LogP contribution in [0, 0.1) is 13.8 Å². The largest absolute Gasteiger partial charge is 0.497 e. The van der Waals surface area contributed by atoms with Crippen molar-refractivity contribution in [2.24, 2.45) is 0 Å². The molecule has 0 saturated heterocycles. The van der Waals surface area contributed by atoms with Gasteiger partial charge in [0.25, 0.3) is 5.91 Å². The van der Waals surface area contributed by atoms with Crippen molar-refractivity contribution < 1.29 is 19.0 Å². The van der Waals surface area contributed by atoms with Crippen LogP contribution in [-0.4, -0.2) is 43.2 Å². The molecule has 1 amide bonds. The van der Waals surface area contributed by atoms with Crippen LogP contribution in [0.25, 0.3) is 0 Å². The number of nitrogens with zero attached hydrogens (tertiary/aromatic N) is 2. The molecule has 0 N–H and O–H groups in total. The molecule has 0 saturated carbocycles. The van der Waals surface area contributed by atoms with Gasteiger partial charge in [-0.2, -0.15) is 0 Å². The molecule has 7 heteroatoms. The second-order valence-corrected chi connectivity index (χ2v) is 8.51. The summed E-state index contributed by atoms with van der Waals surface area (Å²) in [4.78, 5) is 19.7. The standard InChI is InChI=1S/C25H30N2O4S/c1-18-9-10-23(13-19(18)2)31-16-24-26-21(17-32-24)15-27(11-6-12-29-3)25(28)20-7-5-8-22(14-20)30-4/h5,7-10,13-14,17H,6,11-12,15-16H2,1-4H3. The van der Waals surface area contributed by atoms with Gasteiger partial charge in [0.15, 0.2) is 0 Å². The summed E-state index contributed by atoms with van der Waals surface area (Å²) in [7, 11) is 3.26. The number of methoxy groups -OCH3 is 2. The highest BCUT2D eigenvalue weighted by Gasteiger charge is 2.18. The summed E-state index contributed by atoms with van der Waals surface area (Å²) >= 11 is 1.54. The van der Waals surface area contributed by atoms with Gasteiger partial charge < -0.3 is 19.1 Å². The molecule has 1 heterocycles. The third-order valence-electron chi connectivity index (χ3n) is 5.17. The van der Waals surface area contributed by atoms with E-state index in [1.807, 2.05) is 29.6 Å². The zero-order valence-electron chi connectivity index (χ0n) is 19.1.